The fourth-order valence-electron chi connectivity index (χ4n) is 2.11. The summed E-state index contributed by atoms with van der Waals surface area (Å²) in [5.74, 6) is 0.0649. The zero-order valence-corrected chi connectivity index (χ0v) is 13.8. The summed E-state index contributed by atoms with van der Waals surface area (Å²) in [7, 11) is 0. The first-order valence-electron chi connectivity index (χ1n) is 7.64. The van der Waals surface area contributed by atoms with Crippen molar-refractivity contribution in [2.24, 2.45) is 11.7 Å². The van der Waals surface area contributed by atoms with E-state index in [0.29, 0.717) is 0 Å². The van der Waals surface area contributed by atoms with Gasteiger partial charge in [0.2, 0.25) is 11.8 Å². The Morgan fingerprint density at radius 1 is 1.32 bits per heavy atom. The third-order valence-corrected chi connectivity index (χ3v) is 3.98. The van der Waals surface area contributed by atoms with Crippen LogP contribution in [0.2, 0.25) is 0 Å². The van der Waals surface area contributed by atoms with Crippen LogP contribution in [-0.4, -0.2) is 24.5 Å². The number of ether oxygens (including phenoxy) is 1. The molecule has 2 amide bonds. The second-order valence-electron chi connectivity index (χ2n) is 5.63. The van der Waals surface area contributed by atoms with Gasteiger partial charge in [-0.1, -0.05) is 32.4 Å². The SMILES string of the molecule is CCC(C)C(NC(=O)CCOc1cccc(C)c1C)C(N)=O. The van der Waals surface area contributed by atoms with Crippen LogP contribution >= 0.6 is 0 Å². The van der Waals surface area contributed by atoms with Crippen molar-refractivity contribution in [3.63, 3.8) is 0 Å². The summed E-state index contributed by atoms with van der Waals surface area (Å²) in [6.07, 6.45) is 0.959. The van der Waals surface area contributed by atoms with Gasteiger partial charge < -0.3 is 15.8 Å². The van der Waals surface area contributed by atoms with E-state index in [1.54, 1.807) is 0 Å². The summed E-state index contributed by atoms with van der Waals surface area (Å²) in [5.41, 5.74) is 7.55. The lowest BCUT2D eigenvalue weighted by Gasteiger charge is -2.21. The molecule has 22 heavy (non-hydrogen) atoms. The zero-order valence-electron chi connectivity index (χ0n) is 13.8. The monoisotopic (exact) mass is 306 g/mol. The van der Waals surface area contributed by atoms with E-state index in [1.807, 2.05) is 45.9 Å². The summed E-state index contributed by atoms with van der Waals surface area (Å²) in [6, 6.07) is 5.19. The summed E-state index contributed by atoms with van der Waals surface area (Å²) in [5, 5.41) is 2.69. The summed E-state index contributed by atoms with van der Waals surface area (Å²) in [6.45, 7) is 8.11. The molecular formula is C17H26N2O3. The molecular weight excluding hydrogens is 280 g/mol. The number of carbonyl (C=O) groups is 2. The fourth-order valence-corrected chi connectivity index (χ4v) is 2.11. The highest BCUT2D eigenvalue weighted by Crippen LogP contribution is 2.20. The Bertz CT molecular complexity index is 529. The summed E-state index contributed by atoms with van der Waals surface area (Å²) in [4.78, 5) is 23.3. The van der Waals surface area contributed by atoms with Crippen molar-refractivity contribution < 1.29 is 14.3 Å². The first-order valence-corrected chi connectivity index (χ1v) is 7.64. The summed E-state index contributed by atoms with van der Waals surface area (Å²) < 4.78 is 5.64. The van der Waals surface area contributed by atoms with E-state index in [2.05, 4.69) is 5.32 Å². The van der Waals surface area contributed by atoms with E-state index >= 15 is 0 Å². The number of nitrogens with one attached hydrogen (secondary N) is 1. The van der Waals surface area contributed by atoms with Crippen molar-refractivity contribution in [3.8, 4) is 5.75 Å². The molecule has 0 aromatic heterocycles. The van der Waals surface area contributed by atoms with E-state index in [1.165, 1.54) is 0 Å². The maximum absolute atomic E-state index is 11.9. The van der Waals surface area contributed by atoms with Gasteiger partial charge in [0, 0.05) is 0 Å². The highest BCUT2D eigenvalue weighted by atomic mass is 16.5. The number of carbonyl (C=O) groups excluding carboxylic acids is 2. The Morgan fingerprint density at radius 2 is 2.00 bits per heavy atom. The molecule has 1 aromatic carbocycles. The van der Waals surface area contributed by atoms with Crippen molar-refractivity contribution in [1.82, 2.24) is 5.32 Å². The van der Waals surface area contributed by atoms with Gasteiger partial charge in [-0.3, -0.25) is 9.59 Å². The van der Waals surface area contributed by atoms with Crippen molar-refractivity contribution >= 4 is 11.8 Å². The fraction of sp³-hybridized carbons (Fsp3) is 0.529. The number of primary amides is 1. The molecule has 0 aliphatic carbocycles. The number of benzene rings is 1. The van der Waals surface area contributed by atoms with Crippen molar-refractivity contribution in [2.75, 3.05) is 6.61 Å². The minimum atomic E-state index is -0.627. The molecule has 0 saturated carbocycles. The molecule has 0 heterocycles. The maximum Gasteiger partial charge on any atom is 0.240 e. The molecule has 0 aliphatic rings. The Morgan fingerprint density at radius 3 is 2.59 bits per heavy atom. The van der Waals surface area contributed by atoms with E-state index in [4.69, 9.17) is 10.5 Å². The van der Waals surface area contributed by atoms with E-state index < -0.39 is 11.9 Å². The van der Waals surface area contributed by atoms with Crippen molar-refractivity contribution in [2.45, 2.75) is 46.6 Å². The predicted molar refractivity (Wildman–Crippen MR) is 86.6 cm³/mol. The number of nitrogens with two attached hydrogens (primary N) is 1. The Kier molecular flexibility index (Phi) is 6.89. The van der Waals surface area contributed by atoms with Gasteiger partial charge in [0.15, 0.2) is 0 Å². The van der Waals surface area contributed by atoms with Crippen LogP contribution in [-0.2, 0) is 9.59 Å². The van der Waals surface area contributed by atoms with Crippen LogP contribution in [0.15, 0.2) is 18.2 Å². The van der Waals surface area contributed by atoms with Crippen LogP contribution in [0.1, 0.15) is 37.8 Å². The predicted octanol–water partition coefficient (Wildman–Crippen LogP) is 2.09. The highest BCUT2D eigenvalue weighted by molar-refractivity contribution is 5.86. The lowest BCUT2D eigenvalue weighted by atomic mass is 9.98. The van der Waals surface area contributed by atoms with Crippen LogP contribution < -0.4 is 15.8 Å². The number of rotatable bonds is 8. The normalized spacial score (nSPS) is 13.3. The van der Waals surface area contributed by atoms with Gasteiger partial charge in [-0.2, -0.15) is 0 Å². The standard InChI is InChI=1S/C17H26N2O3/c1-5-11(2)16(17(18)21)19-15(20)9-10-22-14-8-6-7-12(3)13(14)4/h6-8,11,16H,5,9-10H2,1-4H3,(H2,18,21)(H,19,20). The van der Waals surface area contributed by atoms with Crippen molar-refractivity contribution in [1.29, 1.82) is 0 Å². The zero-order chi connectivity index (χ0) is 16.7. The van der Waals surface area contributed by atoms with Crippen LogP contribution in [0.25, 0.3) is 0 Å². The number of aryl methyl sites for hydroxylation is 1. The second kappa shape index (κ2) is 8.41. The lowest BCUT2D eigenvalue weighted by molar-refractivity contribution is -0.128. The first-order chi connectivity index (χ1) is 10.4. The molecule has 0 spiro atoms. The maximum atomic E-state index is 11.9. The minimum absolute atomic E-state index is 0.0152. The molecule has 1 rings (SSSR count). The molecule has 0 saturated heterocycles. The quantitative estimate of drug-likeness (QED) is 0.771. The molecule has 0 fully saturated rings. The third-order valence-electron chi connectivity index (χ3n) is 3.98. The minimum Gasteiger partial charge on any atom is -0.493 e. The average Bonchev–Trinajstić information content (AvgIpc) is 2.48. The molecule has 1 aromatic rings. The molecule has 5 heteroatoms. The first kappa shape index (κ1) is 18.0. The number of amides is 2. The molecule has 0 bridgehead atoms. The van der Waals surface area contributed by atoms with Gasteiger partial charge in [0.25, 0.3) is 0 Å². The van der Waals surface area contributed by atoms with Crippen LogP contribution in [0.3, 0.4) is 0 Å². The van der Waals surface area contributed by atoms with Gasteiger partial charge in [0.05, 0.1) is 13.0 Å². The molecule has 122 valence electrons. The van der Waals surface area contributed by atoms with Gasteiger partial charge >= 0.3 is 0 Å². The molecule has 5 nitrogen and oxygen atoms in total. The van der Waals surface area contributed by atoms with Gasteiger partial charge in [-0.05, 0) is 37.0 Å². The van der Waals surface area contributed by atoms with Crippen LogP contribution in [0.5, 0.6) is 5.75 Å². The third kappa shape index (κ3) is 5.06. The van der Waals surface area contributed by atoms with Crippen LogP contribution in [0.4, 0.5) is 0 Å². The van der Waals surface area contributed by atoms with Gasteiger partial charge in [0.1, 0.15) is 11.8 Å². The van der Waals surface area contributed by atoms with E-state index in [9.17, 15) is 9.59 Å². The molecule has 3 N–H and O–H groups in total. The van der Waals surface area contributed by atoms with Crippen LogP contribution in [0, 0.1) is 19.8 Å². The van der Waals surface area contributed by atoms with Gasteiger partial charge in [-0.15, -0.1) is 0 Å². The van der Waals surface area contributed by atoms with Crippen molar-refractivity contribution in [3.05, 3.63) is 29.3 Å². The molecule has 0 aliphatic heterocycles. The number of hydrogen-bond acceptors (Lipinski definition) is 3. The molecule has 2 atom stereocenters. The Balaban J connectivity index is 2.49. The smallest absolute Gasteiger partial charge is 0.240 e. The Hall–Kier alpha value is -2.04. The topological polar surface area (TPSA) is 81.4 Å². The lowest BCUT2D eigenvalue weighted by Crippen LogP contribution is -2.48. The highest BCUT2D eigenvalue weighted by Gasteiger charge is 2.23. The molecule has 0 radical (unpaired) electrons. The van der Waals surface area contributed by atoms with Gasteiger partial charge in [-0.25, -0.2) is 0 Å². The average molecular weight is 306 g/mol. The Labute approximate surface area is 132 Å². The number of hydrogen-bond donors (Lipinski definition) is 2. The molecule has 2 unspecified atom stereocenters. The summed E-state index contributed by atoms with van der Waals surface area (Å²) >= 11 is 0. The largest absolute Gasteiger partial charge is 0.493 e. The van der Waals surface area contributed by atoms with E-state index in [0.717, 1.165) is 23.3 Å². The van der Waals surface area contributed by atoms with E-state index in [-0.39, 0.29) is 24.9 Å². The second-order valence-corrected chi connectivity index (χ2v) is 5.63.